The van der Waals surface area contributed by atoms with Gasteiger partial charge in [0, 0.05) is 18.0 Å². The van der Waals surface area contributed by atoms with E-state index in [2.05, 4.69) is 41.7 Å². The molecule has 0 aromatic carbocycles. The van der Waals surface area contributed by atoms with Gasteiger partial charge in [-0.3, -0.25) is 0 Å². The maximum Gasteiger partial charge on any atom is 0.0324 e. The molecule has 15 heavy (non-hydrogen) atoms. The van der Waals surface area contributed by atoms with Gasteiger partial charge in [-0.2, -0.15) is 0 Å². The number of hydrogen-bond acceptors (Lipinski definition) is 3. The summed E-state index contributed by atoms with van der Waals surface area (Å²) in [7, 11) is 4.24. The van der Waals surface area contributed by atoms with Crippen molar-refractivity contribution in [3.05, 3.63) is 22.4 Å². The second-order valence-electron chi connectivity index (χ2n) is 4.11. The van der Waals surface area contributed by atoms with Gasteiger partial charge in [0.25, 0.3) is 0 Å². The van der Waals surface area contributed by atoms with Crippen LogP contribution in [0, 0.1) is 5.92 Å². The lowest BCUT2D eigenvalue weighted by Gasteiger charge is -2.22. The Kier molecular flexibility index (Phi) is 5.91. The van der Waals surface area contributed by atoms with Crippen LogP contribution in [-0.2, 0) is 6.54 Å². The summed E-state index contributed by atoms with van der Waals surface area (Å²) < 4.78 is 0. The maximum absolute atomic E-state index is 3.26. The molecule has 0 radical (unpaired) electrons. The van der Waals surface area contributed by atoms with Crippen molar-refractivity contribution in [2.75, 3.05) is 27.2 Å². The summed E-state index contributed by atoms with van der Waals surface area (Å²) in [6.07, 6.45) is 1.25. The molecule has 0 amide bonds. The molecular formula is C12H22N2S. The van der Waals surface area contributed by atoms with Crippen LogP contribution in [0.1, 0.15) is 18.2 Å². The molecule has 0 aliphatic carbocycles. The largest absolute Gasteiger partial charge is 0.319 e. The van der Waals surface area contributed by atoms with E-state index in [-0.39, 0.29) is 0 Å². The van der Waals surface area contributed by atoms with E-state index in [4.69, 9.17) is 0 Å². The zero-order valence-electron chi connectivity index (χ0n) is 9.99. The molecule has 0 spiro atoms. The molecule has 0 aliphatic heterocycles. The molecule has 1 atom stereocenters. The fraction of sp³-hybridized carbons (Fsp3) is 0.667. The van der Waals surface area contributed by atoms with Crippen LogP contribution in [0.15, 0.2) is 17.5 Å². The first-order valence-electron chi connectivity index (χ1n) is 5.61. The van der Waals surface area contributed by atoms with Gasteiger partial charge in [-0.15, -0.1) is 11.3 Å². The molecule has 86 valence electrons. The molecule has 1 rings (SSSR count). The molecule has 1 heterocycles. The van der Waals surface area contributed by atoms with E-state index < -0.39 is 0 Å². The van der Waals surface area contributed by atoms with Crippen LogP contribution in [0.2, 0.25) is 0 Å². The van der Waals surface area contributed by atoms with E-state index in [0.29, 0.717) is 0 Å². The topological polar surface area (TPSA) is 15.3 Å². The Balaban J connectivity index is 2.30. The fourth-order valence-electron chi connectivity index (χ4n) is 1.80. The molecule has 0 fully saturated rings. The Bertz CT molecular complexity index is 246. The first kappa shape index (κ1) is 12.7. The molecule has 0 saturated heterocycles. The first-order valence-corrected chi connectivity index (χ1v) is 6.49. The van der Waals surface area contributed by atoms with Crippen molar-refractivity contribution in [1.29, 1.82) is 0 Å². The van der Waals surface area contributed by atoms with Gasteiger partial charge in [0.15, 0.2) is 0 Å². The molecule has 0 saturated carbocycles. The minimum absolute atomic E-state index is 0.764. The summed E-state index contributed by atoms with van der Waals surface area (Å²) in [4.78, 5) is 3.87. The van der Waals surface area contributed by atoms with Crippen LogP contribution in [0.5, 0.6) is 0 Å². The second-order valence-corrected chi connectivity index (χ2v) is 5.14. The molecule has 1 N–H and O–H groups in total. The SMILES string of the molecule is CCC(CNC)CN(C)Cc1cccs1. The number of nitrogens with one attached hydrogen (secondary N) is 1. The van der Waals surface area contributed by atoms with Crippen molar-refractivity contribution in [2.24, 2.45) is 5.92 Å². The fourth-order valence-corrected chi connectivity index (χ4v) is 2.58. The minimum Gasteiger partial charge on any atom is -0.319 e. The van der Waals surface area contributed by atoms with Gasteiger partial charge < -0.3 is 10.2 Å². The third kappa shape index (κ3) is 4.78. The molecule has 2 nitrogen and oxygen atoms in total. The van der Waals surface area contributed by atoms with E-state index in [9.17, 15) is 0 Å². The molecule has 1 unspecified atom stereocenters. The Labute approximate surface area is 97.3 Å². The highest BCUT2D eigenvalue weighted by molar-refractivity contribution is 7.09. The van der Waals surface area contributed by atoms with Crippen molar-refractivity contribution >= 4 is 11.3 Å². The summed E-state index contributed by atoms with van der Waals surface area (Å²) in [6, 6.07) is 4.33. The smallest absolute Gasteiger partial charge is 0.0324 e. The Hall–Kier alpha value is -0.380. The van der Waals surface area contributed by atoms with E-state index in [1.165, 1.54) is 17.8 Å². The third-order valence-corrected chi connectivity index (χ3v) is 3.51. The van der Waals surface area contributed by atoms with Gasteiger partial charge >= 0.3 is 0 Å². The van der Waals surface area contributed by atoms with Crippen LogP contribution in [0.4, 0.5) is 0 Å². The van der Waals surface area contributed by atoms with E-state index >= 15 is 0 Å². The number of rotatable bonds is 7. The molecule has 1 aromatic heterocycles. The lowest BCUT2D eigenvalue weighted by molar-refractivity contribution is 0.263. The highest BCUT2D eigenvalue weighted by atomic mass is 32.1. The lowest BCUT2D eigenvalue weighted by Crippen LogP contribution is -2.30. The van der Waals surface area contributed by atoms with E-state index in [1.807, 2.05) is 18.4 Å². The summed E-state index contributed by atoms with van der Waals surface area (Å²) in [5.74, 6) is 0.764. The van der Waals surface area contributed by atoms with Gasteiger partial charge in [-0.05, 0) is 38.0 Å². The van der Waals surface area contributed by atoms with Crippen molar-refractivity contribution in [3.8, 4) is 0 Å². The summed E-state index contributed by atoms with van der Waals surface area (Å²) in [5, 5.41) is 5.41. The first-order chi connectivity index (χ1) is 7.26. The predicted octanol–water partition coefficient (Wildman–Crippen LogP) is 2.43. The molecule has 1 aromatic rings. The van der Waals surface area contributed by atoms with Crippen molar-refractivity contribution < 1.29 is 0 Å². The average molecular weight is 226 g/mol. The van der Waals surface area contributed by atoms with Crippen LogP contribution >= 0.6 is 11.3 Å². The summed E-state index contributed by atoms with van der Waals surface area (Å²) >= 11 is 1.84. The van der Waals surface area contributed by atoms with Gasteiger partial charge in [0.1, 0.15) is 0 Å². The van der Waals surface area contributed by atoms with E-state index in [0.717, 1.165) is 19.0 Å². The number of nitrogens with zero attached hydrogens (tertiary/aromatic N) is 1. The minimum atomic E-state index is 0.764. The zero-order valence-corrected chi connectivity index (χ0v) is 10.8. The zero-order chi connectivity index (χ0) is 11.1. The van der Waals surface area contributed by atoms with Gasteiger partial charge in [0.2, 0.25) is 0 Å². The van der Waals surface area contributed by atoms with Crippen molar-refractivity contribution in [2.45, 2.75) is 19.9 Å². The van der Waals surface area contributed by atoms with Crippen molar-refractivity contribution in [3.63, 3.8) is 0 Å². The van der Waals surface area contributed by atoms with Gasteiger partial charge in [-0.25, -0.2) is 0 Å². The highest BCUT2D eigenvalue weighted by Crippen LogP contribution is 2.12. The molecular weight excluding hydrogens is 204 g/mol. The Morgan fingerprint density at radius 3 is 2.87 bits per heavy atom. The summed E-state index contributed by atoms with van der Waals surface area (Å²) in [5.41, 5.74) is 0. The lowest BCUT2D eigenvalue weighted by atomic mass is 10.1. The van der Waals surface area contributed by atoms with Gasteiger partial charge in [0.05, 0.1) is 0 Å². The second kappa shape index (κ2) is 6.99. The highest BCUT2D eigenvalue weighted by Gasteiger charge is 2.09. The number of hydrogen-bond donors (Lipinski definition) is 1. The average Bonchev–Trinajstić information content (AvgIpc) is 2.69. The molecule has 0 aliphatic rings. The van der Waals surface area contributed by atoms with Crippen LogP contribution in [-0.4, -0.2) is 32.1 Å². The number of thiophene rings is 1. The van der Waals surface area contributed by atoms with Crippen molar-refractivity contribution in [1.82, 2.24) is 10.2 Å². The third-order valence-electron chi connectivity index (χ3n) is 2.65. The van der Waals surface area contributed by atoms with Gasteiger partial charge in [-0.1, -0.05) is 19.4 Å². The van der Waals surface area contributed by atoms with Crippen LogP contribution in [0.25, 0.3) is 0 Å². The van der Waals surface area contributed by atoms with Crippen LogP contribution in [0.3, 0.4) is 0 Å². The Morgan fingerprint density at radius 2 is 2.33 bits per heavy atom. The monoisotopic (exact) mass is 226 g/mol. The molecule has 3 heteroatoms. The standard InChI is InChI=1S/C12H22N2S/c1-4-11(8-13-2)9-14(3)10-12-6-5-7-15-12/h5-7,11,13H,4,8-10H2,1-3H3. The predicted molar refractivity (Wildman–Crippen MR) is 68.4 cm³/mol. The Morgan fingerprint density at radius 1 is 1.53 bits per heavy atom. The molecule has 0 bridgehead atoms. The van der Waals surface area contributed by atoms with Crippen LogP contribution < -0.4 is 5.32 Å². The quantitative estimate of drug-likeness (QED) is 0.768. The maximum atomic E-state index is 3.26. The summed E-state index contributed by atoms with van der Waals surface area (Å²) in [6.45, 7) is 5.64. The van der Waals surface area contributed by atoms with E-state index in [1.54, 1.807) is 0 Å². The normalized spacial score (nSPS) is 13.3.